The maximum absolute atomic E-state index is 12.0. The van der Waals surface area contributed by atoms with E-state index in [1.807, 2.05) is 0 Å². The Hall–Kier alpha value is -0.290. The van der Waals surface area contributed by atoms with E-state index in [0.29, 0.717) is 13.1 Å². The predicted octanol–water partition coefficient (Wildman–Crippen LogP) is 0.467. The van der Waals surface area contributed by atoms with E-state index in [4.69, 9.17) is 0 Å². The van der Waals surface area contributed by atoms with Gasteiger partial charge in [0.05, 0.1) is 0 Å². The average Bonchev–Trinajstić information content (AvgIpc) is 1.86. The summed E-state index contributed by atoms with van der Waals surface area (Å²) in [5, 5.41) is 3.48. The maximum Gasteiger partial charge on any atom is 0.406 e. The smallest absolute Gasteiger partial charge is 0.303 e. The largest absolute Gasteiger partial charge is 0.406 e. The molecule has 2 nitrogen and oxygen atoms in total. The zero-order valence-corrected chi connectivity index (χ0v) is 6.23. The first kappa shape index (κ1) is 8.80. The Balaban J connectivity index is 2.46. The van der Waals surface area contributed by atoms with Crippen LogP contribution < -0.4 is 5.32 Å². The quantitative estimate of drug-likeness (QED) is 0.512. The number of hydrogen-bond donors (Lipinski definition) is 0. The van der Waals surface area contributed by atoms with E-state index in [1.165, 1.54) is 0 Å². The Bertz CT molecular complexity index is 134. The van der Waals surface area contributed by atoms with Crippen LogP contribution in [0.1, 0.15) is 0 Å². The fourth-order valence-corrected chi connectivity index (χ4v) is 1.04. The van der Waals surface area contributed by atoms with Crippen LogP contribution in [0.25, 0.3) is 0 Å². The molecule has 1 fully saturated rings. The van der Waals surface area contributed by atoms with Crippen molar-refractivity contribution in [3.8, 4) is 0 Å². The fourth-order valence-electron chi connectivity index (χ4n) is 1.04. The molecular formula is C6H10F3N2. The molecule has 0 aromatic carbocycles. The number of hydrogen-bond acceptors (Lipinski definition) is 1. The Morgan fingerprint density at radius 1 is 1.45 bits per heavy atom. The topological polar surface area (TPSA) is 17.3 Å². The van der Waals surface area contributed by atoms with Crippen molar-refractivity contribution in [3.63, 3.8) is 0 Å². The molecule has 0 aliphatic carbocycles. The summed E-state index contributed by atoms with van der Waals surface area (Å²) in [7, 11) is 1.67. The number of alkyl halides is 3. The monoisotopic (exact) mass is 167 g/mol. The highest BCUT2D eigenvalue weighted by atomic mass is 19.4. The molecule has 0 aromatic rings. The van der Waals surface area contributed by atoms with Gasteiger partial charge in [-0.3, -0.25) is 0 Å². The highest BCUT2D eigenvalue weighted by Crippen LogP contribution is 2.22. The summed E-state index contributed by atoms with van der Waals surface area (Å²) in [5.41, 5.74) is 0. The van der Waals surface area contributed by atoms with Gasteiger partial charge in [-0.25, -0.2) is 5.32 Å². The van der Waals surface area contributed by atoms with E-state index >= 15 is 0 Å². The lowest BCUT2D eigenvalue weighted by atomic mass is 10.2. The van der Waals surface area contributed by atoms with Gasteiger partial charge in [0.15, 0.2) is 0 Å². The predicted molar refractivity (Wildman–Crippen MR) is 34.3 cm³/mol. The van der Waals surface area contributed by atoms with Gasteiger partial charge in [-0.15, -0.1) is 0 Å². The molecule has 65 valence electrons. The molecule has 1 atom stereocenters. The van der Waals surface area contributed by atoms with Gasteiger partial charge in [0.25, 0.3) is 0 Å². The summed E-state index contributed by atoms with van der Waals surface area (Å²) in [5.74, 6) is 0. The van der Waals surface area contributed by atoms with Crippen LogP contribution >= 0.6 is 0 Å². The number of halogens is 3. The van der Waals surface area contributed by atoms with E-state index in [9.17, 15) is 13.2 Å². The number of piperazine rings is 1. The molecule has 1 unspecified atom stereocenters. The second-order valence-electron chi connectivity index (χ2n) is 2.73. The van der Waals surface area contributed by atoms with Gasteiger partial charge in [0, 0.05) is 19.6 Å². The third kappa shape index (κ3) is 2.34. The van der Waals surface area contributed by atoms with Crippen LogP contribution in [0.15, 0.2) is 0 Å². The molecule has 0 saturated carbocycles. The van der Waals surface area contributed by atoms with Gasteiger partial charge in [0.1, 0.15) is 6.04 Å². The molecule has 1 saturated heterocycles. The standard InChI is InChI=1S/C6H10F3N2/c1-11-3-2-10-5(4-11)6(7,8)9/h5H,2-4H2,1H3. The highest BCUT2D eigenvalue weighted by Gasteiger charge is 2.42. The van der Waals surface area contributed by atoms with Gasteiger partial charge in [0.2, 0.25) is 0 Å². The normalized spacial score (nSPS) is 28.9. The molecule has 1 aliphatic heterocycles. The number of likely N-dealkylation sites (N-methyl/N-ethyl adjacent to an activating group) is 1. The Morgan fingerprint density at radius 2 is 2.09 bits per heavy atom. The first-order valence-electron chi connectivity index (χ1n) is 3.42. The van der Waals surface area contributed by atoms with Gasteiger partial charge in [-0.2, -0.15) is 13.2 Å². The Kier molecular flexibility index (Phi) is 2.39. The SMILES string of the molecule is CN1CC[N]C(C(F)(F)F)C1. The van der Waals surface area contributed by atoms with Gasteiger partial charge < -0.3 is 4.90 Å². The van der Waals surface area contributed by atoms with Crippen molar-refractivity contribution in [1.29, 1.82) is 0 Å². The molecule has 5 heteroatoms. The zero-order valence-electron chi connectivity index (χ0n) is 6.23. The highest BCUT2D eigenvalue weighted by molar-refractivity contribution is 4.81. The second kappa shape index (κ2) is 2.98. The second-order valence-corrected chi connectivity index (χ2v) is 2.73. The molecule has 0 amide bonds. The van der Waals surface area contributed by atoms with Crippen molar-refractivity contribution in [2.75, 3.05) is 26.7 Å². The first-order chi connectivity index (χ1) is 5.00. The van der Waals surface area contributed by atoms with Crippen LogP contribution in [-0.2, 0) is 0 Å². The van der Waals surface area contributed by atoms with E-state index in [-0.39, 0.29) is 6.54 Å². The summed E-state index contributed by atoms with van der Waals surface area (Å²) in [6, 6.07) is -1.47. The number of rotatable bonds is 0. The Labute approximate surface area is 63.4 Å². The van der Waals surface area contributed by atoms with Crippen LogP contribution in [0.3, 0.4) is 0 Å². The lowest BCUT2D eigenvalue weighted by molar-refractivity contribution is -0.164. The summed E-state index contributed by atoms with van der Waals surface area (Å²) in [4.78, 5) is 1.64. The first-order valence-corrected chi connectivity index (χ1v) is 3.42. The van der Waals surface area contributed by atoms with E-state index in [2.05, 4.69) is 5.32 Å². The van der Waals surface area contributed by atoms with E-state index in [0.717, 1.165) is 0 Å². The third-order valence-corrected chi connectivity index (χ3v) is 1.69. The van der Waals surface area contributed by atoms with Gasteiger partial charge in [-0.1, -0.05) is 0 Å². The van der Waals surface area contributed by atoms with E-state index in [1.54, 1.807) is 11.9 Å². The molecule has 1 radical (unpaired) electrons. The van der Waals surface area contributed by atoms with Crippen LogP contribution in [0.2, 0.25) is 0 Å². The summed E-state index contributed by atoms with van der Waals surface area (Å²) >= 11 is 0. The van der Waals surface area contributed by atoms with Crippen molar-refractivity contribution in [2.45, 2.75) is 12.2 Å². The molecule has 0 aromatic heterocycles. The van der Waals surface area contributed by atoms with Crippen LogP contribution in [-0.4, -0.2) is 43.8 Å². The van der Waals surface area contributed by atoms with Crippen molar-refractivity contribution in [3.05, 3.63) is 0 Å². The van der Waals surface area contributed by atoms with Gasteiger partial charge in [-0.05, 0) is 7.05 Å². The molecule has 11 heavy (non-hydrogen) atoms. The minimum atomic E-state index is -4.16. The fraction of sp³-hybridized carbons (Fsp3) is 1.00. The minimum Gasteiger partial charge on any atom is -0.303 e. The zero-order chi connectivity index (χ0) is 8.48. The summed E-state index contributed by atoms with van der Waals surface area (Å²) < 4.78 is 36.0. The third-order valence-electron chi connectivity index (χ3n) is 1.69. The van der Waals surface area contributed by atoms with Gasteiger partial charge >= 0.3 is 6.18 Å². The summed E-state index contributed by atoms with van der Waals surface area (Å²) in [6.07, 6.45) is -4.16. The molecule has 1 heterocycles. The Morgan fingerprint density at radius 3 is 2.45 bits per heavy atom. The molecule has 0 spiro atoms. The maximum atomic E-state index is 12.0. The van der Waals surface area contributed by atoms with Crippen molar-refractivity contribution in [2.24, 2.45) is 0 Å². The van der Waals surface area contributed by atoms with Crippen molar-refractivity contribution in [1.82, 2.24) is 10.2 Å². The summed E-state index contributed by atoms with van der Waals surface area (Å²) in [6.45, 7) is 0.927. The minimum absolute atomic E-state index is 0.00347. The van der Waals surface area contributed by atoms with Crippen LogP contribution in [0.4, 0.5) is 13.2 Å². The molecule has 1 rings (SSSR count). The molecular weight excluding hydrogens is 157 g/mol. The van der Waals surface area contributed by atoms with Crippen molar-refractivity contribution >= 4 is 0 Å². The van der Waals surface area contributed by atoms with Crippen molar-refractivity contribution < 1.29 is 13.2 Å². The van der Waals surface area contributed by atoms with Crippen LogP contribution in [0, 0.1) is 0 Å². The molecule has 0 bridgehead atoms. The lowest BCUT2D eigenvalue weighted by Crippen LogP contribution is -2.52. The molecule has 0 N–H and O–H groups in total. The average molecular weight is 167 g/mol. The molecule has 1 aliphatic rings. The van der Waals surface area contributed by atoms with E-state index < -0.39 is 12.2 Å². The number of nitrogens with zero attached hydrogens (tertiary/aromatic N) is 2. The van der Waals surface area contributed by atoms with Crippen LogP contribution in [0.5, 0.6) is 0 Å². The lowest BCUT2D eigenvalue weighted by Gasteiger charge is -2.30.